The highest BCUT2D eigenvalue weighted by atomic mass is 16.3. The van der Waals surface area contributed by atoms with E-state index in [0.717, 1.165) is 19.3 Å². The van der Waals surface area contributed by atoms with Crippen LogP contribution in [0.1, 0.15) is 43.4 Å². The third kappa shape index (κ3) is 2.63. The Balaban J connectivity index is 1.99. The molecule has 2 N–H and O–H groups in total. The Morgan fingerprint density at radius 1 is 1.38 bits per heavy atom. The Bertz CT molecular complexity index is 350. The van der Waals surface area contributed by atoms with Gasteiger partial charge in [0.25, 0.3) is 0 Å². The number of aliphatic hydroxyl groups is 1. The minimum Gasteiger partial charge on any atom is -0.392 e. The zero-order valence-corrected chi connectivity index (χ0v) is 10.1. The van der Waals surface area contributed by atoms with Gasteiger partial charge in [-0.2, -0.15) is 0 Å². The molecule has 3 unspecified atom stereocenters. The van der Waals surface area contributed by atoms with Gasteiger partial charge in [0.2, 0.25) is 0 Å². The zero-order valence-electron chi connectivity index (χ0n) is 10.1. The van der Waals surface area contributed by atoms with E-state index in [0.29, 0.717) is 6.04 Å². The van der Waals surface area contributed by atoms with Gasteiger partial charge in [-0.15, -0.1) is 0 Å². The Morgan fingerprint density at radius 2 is 2.19 bits per heavy atom. The van der Waals surface area contributed by atoms with Crippen LogP contribution in [0, 0.1) is 6.92 Å². The molecule has 1 aliphatic rings. The molecule has 1 aromatic rings. The number of nitrogens with one attached hydrogen (secondary N) is 1. The minimum absolute atomic E-state index is 0.160. The van der Waals surface area contributed by atoms with Crippen molar-refractivity contribution >= 4 is 0 Å². The van der Waals surface area contributed by atoms with Gasteiger partial charge in [0, 0.05) is 12.1 Å². The fourth-order valence-electron chi connectivity index (χ4n) is 2.49. The zero-order chi connectivity index (χ0) is 11.5. The van der Waals surface area contributed by atoms with Crippen molar-refractivity contribution < 1.29 is 5.11 Å². The molecule has 0 amide bonds. The maximum Gasteiger partial charge on any atom is 0.0693 e. The average Bonchev–Trinajstić information content (AvgIpc) is 2.64. The highest BCUT2D eigenvalue weighted by Gasteiger charge is 2.26. The molecule has 0 spiro atoms. The summed E-state index contributed by atoms with van der Waals surface area (Å²) in [6.45, 7) is 4.28. The molecule has 3 atom stereocenters. The van der Waals surface area contributed by atoms with Crippen LogP contribution >= 0.6 is 0 Å². The number of hydrogen-bond acceptors (Lipinski definition) is 2. The van der Waals surface area contributed by atoms with Crippen LogP contribution in [0.2, 0.25) is 0 Å². The normalized spacial score (nSPS) is 26.9. The summed E-state index contributed by atoms with van der Waals surface area (Å²) < 4.78 is 0. The Morgan fingerprint density at radius 3 is 2.81 bits per heavy atom. The second kappa shape index (κ2) is 4.98. The van der Waals surface area contributed by atoms with Crippen LogP contribution in [0.5, 0.6) is 0 Å². The molecule has 1 fully saturated rings. The molecule has 2 nitrogen and oxygen atoms in total. The van der Waals surface area contributed by atoms with E-state index in [2.05, 4.69) is 43.4 Å². The van der Waals surface area contributed by atoms with E-state index < -0.39 is 0 Å². The second-order valence-corrected chi connectivity index (χ2v) is 4.91. The van der Waals surface area contributed by atoms with Crippen molar-refractivity contribution in [2.45, 2.75) is 51.3 Å². The molecule has 0 saturated heterocycles. The first-order valence-electron chi connectivity index (χ1n) is 6.17. The van der Waals surface area contributed by atoms with E-state index in [1.54, 1.807) is 0 Å². The molecule has 2 heteroatoms. The van der Waals surface area contributed by atoms with Gasteiger partial charge >= 0.3 is 0 Å². The summed E-state index contributed by atoms with van der Waals surface area (Å²) in [5.41, 5.74) is 2.59. The van der Waals surface area contributed by atoms with Crippen LogP contribution in [0.25, 0.3) is 0 Å². The molecule has 16 heavy (non-hydrogen) atoms. The minimum atomic E-state index is -0.160. The largest absolute Gasteiger partial charge is 0.392 e. The molecule has 0 aliphatic heterocycles. The molecular weight excluding hydrogens is 198 g/mol. The fourth-order valence-corrected chi connectivity index (χ4v) is 2.49. The van der Waals surface area contributed by atoms with Gasteiger partial charge in [-0.1, -0.05) is 29.8 Å². The quantitative estimate of drug-likeness (QED) is 0.819. The first-order valence-corrected chi connectivity index (χ1v) is 6.17. The third-order valence-electron chi connectivity index (χ3n) is 3.49. The van der Waals surface area contributed by atoms with E-state index in [9.17, 15) is 5.11 Å². The average molecular weight is 219 g/mol. The van der Waals surface area contributed by atoms with Gasteiger partial charge in [-0.05, 0) is 38.7 Å². The van der Waals surface area contributed by atoms with Gasteiger partial charge in [0.1, 0.15) is 0 Å². The van der Waals surface area contributed by atoms with Gasteiger partial charge in [-0.3, -0.25) is 0 Å². The molecule has 88 valence electrons. The summed E-state index contributed by atoms with van der Waals surface area (Å²) in [7, 11) is 0. The lowest BCUT2D eigenvalue weighted by molar-refractivity contribution is 0.144. The van der Waals surface area contributed by atoms with Crippen molar-refractivity contribution in [2.24, 2.45) is 0 Å². The Kier molecular flexibility index (Phi) is 3.62. The standard InChI is InChI=1S/C14H21NO/c1-10-5-3-6-12(9-10)11(2)15-13-7-4-8-14(13)16/h3,5-6,9,11,13-16H,4,7-8H2,1-2H3. The van der Waals surface area contributed by atoms with Crippen LogP contribution in [0.4, 0.5) is 0 Å². The summed E-state index contributed by atoms with van der Waals surface area (Å²) in [5.74, 6) is 0. The molecule has 1 aromatic carbocycles. The SMILES string of the molecule is Cc1cccc(C(C)NC2CCCC2O)c1. The maximum atomic E-state index is 9.78. The van der Waals surface area contributed by atoms with Crippen molar-refractivity contribution in [1.29, 1.82) is 0 Å². The van der Waals surface area contributed by atoms with Gasteiger partial charge < -0.3 is 10.4 Å². The van der Waals surface area contributed by atoms with Crippen molar-refractivity contribution in [3.8, 4) is 0 Å². The maximum absolute atomic E-state index is 9.78. The Labute approximate surface area is 97.7 Å². The fraction of sp³-hybridized carbons (Fsp3) is 0.571. The first kappa shape index (κ1) is 11.6. The van der Waals surface area contributed by atoms with Crippen LogP contribution in [-0.4, -0.2) is 17.3 Å². The van der Waals surface area contributed by atoms with E-state index >= 15 is 0 Å². The van der Waals surface area contributed by atoms with Crippen LogP contribution < -0.4 is 5.32 Å². The molecule has 1 saturated carbocycles. The summed E-state index contributed by atoms with van der Waals surface area (Å²) in [6.07, 6.45) is 3.02. The predicted octanol–water partition coefficient (Wildman–Crippen LogP) is 2.56. The number of hydrogen-bond donors (Lipinski definition) is 2. The monoisotopic (exact) mass is 219 g/mol. The molecule has 2 rings (SSSR count). The lowest BCUT2D eigenvalue weighted by atomic mass is 10.0. The third-order valence-corrected chi connectivity index (χ3v) is 3.49. The molecule has 1 aliphatic carbocycles. The lowest BCUT2D eigenvalue weighted by Gasteiger charge is -2.22. The summed E-state index contributed by atoms with van der Waals surface area (Å²) >= 11 is 0. The lowest BCUT2D eigenvalue weighted by Crippen LogP contribution is -2.37. The van der Waals surface area contributed by atoms with E-state index in [1.165, 1.54) is 11.1 Å². The predicted molar refractivity (Wildman–Crippen MR) is 66.4 cm³/mol. The topological polar surface area (TPSA) is 32.3 Å². The molecular formula is C14H21NO. The number of rotatable bonds is 3. The highest BCUT2D eigenvalue weighted by molar-refractivity contribution is 5.24. The Hall–Kier alpha value is -0.860. The van der Waals surface area contributed by atoms with Gasteiger partial charge in [0.15, 0.2) is 0 Å². The number of aryl methyl sites for hydroxylation is 1. The van der Waals surface area contributed by atoms with Crippen molar-refractivity contribution in [3.63, 3.8) is 0 Å². The van der Waals surface area contributed by atoms with Gasteiger partial charge in [0.05, 0.1) is 6.10 Å². The number of aliphatic hydroxyl groups excluding tert-OH is 1. The van der Waals surface area contributed by atoms with Gasteiger partial charge in [-0.25, -0.2) is 0 Å². The van der Waals surface area contributed by atoms with Crippen molar-refractivity contribution in [1.82, 2.24) is 5.32 Å². The smallest absolute Gasteiger partial charge is 0.0693 e. The molecule has 0 heterocycles. The second-order valence-electron chi connectivity index (χ2n) is 4.91. The highest BCUT2D eigenvalue weighted by Crippen LogP contribution is 2.22. The van der Waals surface area contributed by atoms with E-state index in [-0.39, 0.29) is 12.1 Å². The van der Waals surface area contributed by atoms with Crippen LogP contribution in [-0.2, 0) is 0 Å². The van der Waals surface area contributed by atoms with Crippen molar-refractivity contribution in [3.05, 3.63) is 35.4 Å². The van der Waals surface area contributed by atoms with Crippen molar-refractivity contribution in [2.75, 3.05) is 0 Å². The van der Waals surface area contributed by atoms with E-state index in [4.69, 9.17) is 0 Å². The number of benzene rings is 1. The summed E-state index contributed by atoms with van der Waals surface area (Å²) in [6, 6.07) is 9.15. The summed E-state index contributed by atoms with van der Waals surface area (Å²) in [5, 5.41) is 13.3. The first-order chi connectivity index (χ1) is 7.66. The molecule has 0 radical (unpaired) electrons. The summed E-state index contributed by atoms with van der Waals surface area (Å²) in [4.78, 5) is 0. The van der Waals surface area contributed by atoms with E-state index in [1.807, 2.05) is 0 Å². The molecule has 0 aromatic heterocycles. The van der Waals surface area contributed by atoms with Crippen LogP contribution in [0.3, 0.4) is 0 Å². The van der Waals surface area contributed by atoms with Crippen LogP contribution in [0.15, 0.2) is 24.3 Å². The molecule has 0 bridgehead atoms.